The monoisotopic (exact) mass is 159 g/mol. The van der Waals surface area contributed by atoms with Crippen LogP contribution in [0.5, 0.6) is 0 Å². The minimum Gasteiger partial charge on any atom is -0.311 e. The molecule has 0 unspecified atom stereocenters. The van der Waals surface area contributed by atoms with Crippen LogP contribution in [0.25, 0.3) is 0 Å². The molecular formula is C10H9NO. The first-order valence-electron chi connectivity index (χ1n) is 3.90. The summed E-state index contributed by atoms with van der Waals surface area (Å²) in [6.45, 7) is 0.744. The average Bonchev–Trinajstić information content (AvgIpc) is 2.03. The molecule has 60 valence electrons. The van der Waals surface area contributed by atoms with Crippen LogP contribution >= 0.6 is 0 Å². The molecule has 0 aliphatic carbocycles. The molecule has 2 heteroatoms. The zero-order valence-corrected chi connectivity index (χ0v) is 6.60. The summed E-state index contributed by atoms with van der Waals surface area (Å²) in [6, 6.07) is 9.30. The van der Waals surface area contributed by atoms with Crippen molar-refractivity contribution in [1.29, 1.82) is 0 Å². The van der Waals surface area contributed by atoms with E-state index in [1.807, 2.05) is 36.4 Å². The Kier molecular flexibility index (Phi) is 1.67. The van der Waals surface area contributed by atoms with Gasteiger partial charge in [0.2, 0.25) is 0 Å². The summed E-state index contributed by atoms with van der Waals surface area (Å²) in [5, 5.41) is 0. The van der Waals surface area contributed by atoms with Crippen LogP contribution in [-0.4, -0.2) is 17.4 Å². The first kappa shape index (κ1) is 7.10. The molecule has 2 nitrogen and oxygen atoms in total. The number of hydrogen-bond donors (Lipinski definition) is 0. The van der Waals surface area contributed by atoms with Gasteiger partial charge in [-0.05, 0) is 18.2 Å². The van der Waals surface area contributed by atoms with Gasteiger partial charge in [0, 0.05) is 18.3 Å². The van der Waals surface area contributed by atoms with Gasteiger partial charge in [-0.15, -0.1) is 0 Å². The lowest BCUT2D eigenvalue weighted by Crippen LogP contribution is -2.31. The fraction of sp³-hybridized carbons (Fsp3) is 0.100. The molecule has 0 aromatic heterocycles. The van der Waals surface area contributed by atoms with Gasteiger partial charge in [0.25, 0.3) is 5.91 Å². The second kappa shape index (κ2) is 2.81. The van der Waals surface area contributed by atoms with E-state index in [2.05, 4.69) is 0 Å². The van der Waals surface area contributed by atoms with Gasteiger partial charge in [0.05, 0.1) is 0 Å². The van der Waals surface area contributed by atoms with Crippen LogP contribution in [-0.2, 0) is 0 Å². The third-order valence-electron chi connectivity index (χ3n) is 1.87. The summed E-state index contributed by atoms with van der Waals surface area (Å²) < 4.78 is 0. The van der Waals surface area contributed by atoms with Gasteiger partial charge in [0.1, 0.15) is 0 Å². The number of amides is 1. The van der Waals surface area contributed by atoms with E-state index < -0.39 is 0 Å². The highest BCUT2D eigenvalue weighted by atomic mass is 16.2. The number of benzene rings is 1. The molecule has 1 heterocycles. The van der Waals surface area contributed by atoms with Crippen molar-refractivity contribution in [2.75, 3.05) is 6.54 Å². The van der Waals surface area contributed by atoms with Crippen molar-refractivity contribution in [2.24, 2.45) is 0 Å². The predicted molar refractivity (Wildman–Crippen MR) is 46.6 cm³/mol. The van der Waals surface area contributed by atoms with Gasteiger partial charge in [0.15, 0.2) is 0 Å². The van der Waals surface area contributed by atoms with E-state index in [1.165, 1.54) is 0 Å². The minimum atomic E-state index is 0.0816. The molecule has 2 rings (SSSR count). The third kappa shape index (κ3) is 1.11. The molecule has 0 atom stereocenters. The molecule has 1 aliphatic heterocycles. The van der Waals surface area contributed by atoms with E-state index in [1.54, 1.807) is 11.1 Å². The molecular weight excluding hydrogens is 150 g/mol. The minimum absolute atomic E-state index is 0.0816. The summed E-state index contributed by atoms with van der Waals surface area (Å²) in [5.41, 5.74) is 0.752. The van der Waals surface area contributed by atoms with Crippen molar-refractivity contribution in [3.05, 3.63) is 48.2 Å². The van der Waals surface area contributed by atoms with Crippen molar-refractivity contribution < 1.29 is 4.79 Å². The number of carbonyl (C=O) groups excluding carboxylic acids is 1. The van der Waals surface area contributed by atoms with Crippen molar-refractivity contribution in [1.82, 2.24) is 4.90 Å². The quantitative estimate of drug-likeness (QED) is 0.610. The molecule has 0 bridgehead atoms. The first-order chi connectivity index (χ1) is 5.88. The largest absolute Gasteiger partial charge is 0.311 e. The summed E-state index contributed by atoms with van der Waals surface area (Å²) in [4.78, 5) is 13.2. The molecule has 1 amide bonds. The molecule has 0 spiro atoms. The van der Waals surface area contributed by atoms with Crippen LogP contribution in [0.15, 0.2) is 42.6 Å². The predicted octanol–water partition coefficient (Wildman–Crippen LogP) is 1.66. The number of hydrogen-bond acceptors (Lipinski definition) is 1. The van der Waals surface area contributed by atoms with Crippen molar-refractivity contribution in [3.63, 3.8) is 0 Å². The lowest BCUT2D eigenvalue weighted by atomic mass is 10.2. The van der Waals surface area contributed by atoms with Gasteiger partial charge < -0.3 is 4.90 Å². The number of rotatable bonds is 1. The maximum absolute atomic E-state index is 11.5. The zero-order valence-electron chi connectivity index (χ0n) is 6.60. The van der Waals surface area contributed by atoms with Crippen molar-refractivity contribution in [2.45, 2.75) is 0 Å². The third-order valence-corrected chi connectivity index (χ3v) is 1.87. The van der Waals surface area contributed by atoms with Crippen LogP contribution in [0.3, 0.4) is 0 Å². The summed E-state index contributed by atoms with van der Waals surface area (Å²) in [6.07, 6.45) is 3.76. The normalized spacial score (nSPS) is 14.2. The zero-order chi connectivity index (χ0) is 8.39. The standard InChI is InChI=1S/C10H9NO/c12-10(11-7-4-8-11)9-5-2-1-3-6-9/h1-7H,8H2. The van der Waals surface area contributed by atoms with E-state index in [0.717, 1.165) is 12.1 Å². The molecule has 0 fully saturated rings. The Hall–Kier alpha value is -1.57. The fourth-order valence-electron chi connectivity index (χ4n) is 1.11. The smallest absolute Gasteiger partial charge is 0.258 e. The Morgan fingerprint density at radius 1 is 1.25 bits per heavy atom. The van der Waals surface area contributed by atoms with Crippen molar-refractivity contribution in [3.8, 4) is 0 Å². The Balaban J connectivity index is 2.20. The van der Waals surface area contributed by atoms with E-state index in [-0.39, 0.29) is 5.91 Å². The van der Waals surface area contributed by atoms with Gasteiger partial charge in [-0.2, -0.15) is 0 Å². The summed E-state index contributed by atoms with van der Waals surface area (Å²) in [5.74, 6) is 0.0816. The van der Waals surface area contributed by atoms with Crippen LogP contribution in [0.4, 0.5) is 0 Å². The summed E-state index contributed by atoms with van der Waals surface area (Å²) in [7, 11) is 0. The molecule has 12 heavy (non-hydrogen) atoms. The number of carbonyl (C=O) groups is 1. The lowest BCUT2D eigenvalue weighted by Gasteiger charge is -2.22. The molecule has 0 N–H and O–H groups in total. The Morgan fingerprint density at radius 3 is 2.42 bits per heavy atom. The SMILES string of the molecule is O=C(c1ccccc1)N1C=CC1. The molecule has 0 saturated carbocycles. The highest BCUT2D eigenvalue weighted by Gasteiger charge is 2.15. The lowest BCUT2D eigenvalue weighted by molar-refractivity contribution is 0.0816. The molecule has 1 aliphatic rings. The Labute approximate surface area is 71.1 Å². The highest BCUT2D eigenvalue weighted by Crippen LogP contribution is 2.09. The average molecular weight is 159 g/mol. The van der Waals surface area contributed by atoms with Crippen molar-refractivity contribution >= 4 is 5.91 Å². The van der Waals surface area contributed by atoms with Crippen LogP contribution < -0.4 is 0 Å². The highest BCUT2D eigenvalue weighted by molar-refractivity contribution is 5.95. The first-order valence-corrected chi connectivity index (χ1v) is 3.90. The van der Waals surface area contributed by atoms with E-state index in [0.29, 0.717) is 0 Å². The van der Waals surface area contributed by atoms with Gasteiger partial charge in [-0.3, -0.25) is 4.79 Å². The van der Waals surface area contributed by atoms with Gasteiger partial charge in [-0.1, -0.05) is 18.2 Å². The van der Waals surface area contributed by atoms with E-state index >= 15 is 0 Å². The topological polar surface area (TPSA) is 20.3 Å². The molecule has 0 saturated heterocycles. The van der Waals surface area contributed by atoms with E-state index in [4.69, 9.17) is 0 Å². The van der Waals surface area contributed by atoms with Gasteiger partial charge in [-0.25, -0.2) is 0 Å². The van der Waals surface area contributed by atoms with Crippen LogP contribution in [0.1, 0.15) is 10.4 Å². The fourth-order valence-corrected chi connectivity index (χ4v) is 1.11. The van der Waals surface area contributed by atoms with Gasteiger partial charge >= 0.3 is 0 Å². The maximum atomic E-state index is 11.5. The van der Waals surface area contributed by atoms with Crippen LogP contribution in [0.2, 0.25) is 0 Å². The van der Waals surface area contributed by atoms with E-state index in [9.17, 15) is 4.79 Å². The van der Waals surface area contributed by atoms with Crippen LogP contribution in [0, 0.1) is 0 Å². The Morgan fingerprint density at radius 2 is 1.92 bits per heavy atom. The maximum Gasteiger partial charge on any atom is 0.258 e. The molecule has 1 aromatic carbocycles. The second-order valence-electron chi connectivity index (χ2n) is 2.71. The molecule has 0 radical (unpaired) electrons. The second-order valence-corrected chi connectivity index (χ2v) is 2.71. The molecule has 1 aromatic rings. The Bertz CT molecular complexity index is 316. The number of nitrogens with zero attached hydrogens (tertiary/aromatic N) is 1. The summed E-state index contributed by atoms with van der Waals surface area (Å²) >= 11 is 0.